The van der Waals surface area contributed by atoms with Crippen molar-refractivity contribution in [1.82, 2.24) is 0 Å². The molecule has 0 saturated heterocycles. The average molecular weight is 163 g/mol. The van der Waals surface area contributed by atoms with E-state index in [1.54, 1.807) is 7.11 Å². The SMILES string of the molecule is COc1cc2c(cc1C)NCC2. The molecule has 0 radical (unpaired) electrons. The van der Waals surface area contributed by atoms with Gasteiger partial charge in [-0.25, -0.2) is 0 Å². The van der Waals surface area contributed by atoms with Crippen LogP contribution in [0.2, 0.25) is 0 Å². The number of methoxy groups -OCH3 is 1. The summed E-state index contributed by atoms with van der Waals surface area (Å²) in [5.41, 5.74) is 3.84. The average Bonchev–Trinajstić information content (AvgIpc) is 2.49. The van der Waals surface area contributed by atoms with E-state index in [1.165, 1.54) is 16.8 Å². The topological polar surface area (TPSA) is 21.3 Å². The van der Waals surface area contributed by atoms with E-state index in [2.05, 4.69) is 24.4 Å². The molecule has 0 unspecified atom stereocenters. The number of rotatable bonds is 1. The molecule has 0 atom stereocenters. The maximum absolute atomic E-state index is 5.24. The molecule has 1 aromatic carbocycles. The highest BCUT2D eigenvalue weighted by atomic mass is 16.5. The fourth-order valence-corrected chi connectivity index (χ4v) is 1.65. The number of ether oxygens (including phenoxy) is 1. The van der Waals surface area contributed by atoms with Gasteiger partial charge in [0, 0.05) is 12.2 Å². The smallest absolute Gasteiger partial charge is 0.122 e. The maximum atomic E-state index is 5.24. The summed E-state index contributed by atoms with van der Waals surface area (Å²) in [6.07, 6.45) is 1.12. The Kier molecular flexibility index (Phi) is 1.68. The van der Waals surface area contributed by atoms with E-state index in [0.29, 0.717) is 0 Å². The van der Waals surface area contributed by atoms with Crippen LogP contribution in [0.25, 0.3) is 0 Å². The Morgan fingerprint density at radius 3 is 3.00 bits per heavy atom. The van der Waals surface area contributed by atoms with E-state index in [-0.39, 0.29) is 0 Å². The normalized spacial score (nSPS) is 13.8. The molecule has 2 rings (SSSR count). The molecule has 0 bridgehead atoms. The van der Waals surface area contributed by atoms with Gasteiger partial charge < -0.3 is 10.1 Å². The van der Waals surface area contributed by atoms with Crippen LogP contribution in [0, 0.1) is 6.92 Å². The monoisotopic (exact) mass is 163 g/mol. The van der Waals surface area contributed by atoms with Gasteiger partial charge in [-0.15, -0.1) is 0 Å². The van der Waals surface area contributed by atoms with Gasteiger partial charge in [0.15, 0.2) is 0 Å². The van der Waals surface area contributed by atoms with E-state index in [0.717, 1.165) is 18.7 Å². The van der Waals surface area contributed by atoms with Crippen LogP contribution in [-0.2, 0) is 6.42 Å². The molecule has 0 fully saturated rings. The molecule has 64 valence electrons. The Balaban J connectivity index is 2.49. The van der Waals surface area contributed by atoms with E-state index in [4.69, 9.17) is 4.74 Å². The third-order valence-corrected chi connectivity index (χ3v) is 2.33. The van der Waals surface area contributed by atoms with Gasteiger partial charge in [-0.3, -0.25) is 0 Å². The molecule has 1 heterocycles. The van der Waals surface area contributed by atoms with E-state index < -0.39 is 0 Å². The number of benzene rings is 1. The highest BCUT2D eigenvalue weighted by Crippen LogP contribution is 2.29. The minimum atomic E-state index is 0.998. The lowest BCUT2D eigenvalue weighted by Crippen LogP contribution is -1.91. The van der Waals surface area contributed by atoms with Crippen LogP contribution in [0.1, 0.15) is 11.1 Å². The Labute approximate surface area is 72.5 Å². The molecule has 0 saturated carbocycles. The number of nitrogens with one attached hydrogen (secondary N) is 1. The fourth-order valence-electron chi connectivity index (χ4n) is 1.65. The lowest BCUT2D eigenvalue weighted by Gasteiger charge is -2.07. The molecule has 1 aromatic rings. The Morgan fingerprint density at radius 2 is 2.25 bits per heavy atom. The van der Waals surface area contributed by atoms with Crippen LogP contribution >= 0.6 is 0 Å². The summed E-state index contributed by atoms with van der Waals surface area (Å²) in [4.78, 5) is 0. The molecule has 0 spiro atoms. The first-order valence-electron chi connectivity index (χ1n) is 4.22. The third kappa shape index (κ3) is 1.04. The quantitative estimate of drug-likeness (QED) is 0.683. The van der Waals surface area contributed by atoms with Crippen molar-refractivity contribution in [3.63, 3.8) is 0 Å². The van der Waals surface area contributed by atoms with Crippen molar-refractivity contribution in [3.8, 4) is 5.75 Å². The zero-order valence-corrected chi connectivity index (χ0v) is 7.48. The van der Waals surface area contributed by atoms with E-state index in [1.807, 2.05) is 0 Å². The van der Waals surface area contributed by atoms with Gasteiger partial charge in [0.25, 0.3) is 0 Å². The third-order valence-electron chi connectivity index (χ3n) is 2.33. The summed E-state index contributed by atoms with van der Waals surface area (Å²) in [6, 6.07) is 4.28. The first-order valence-corrected chi connectivity index (χ1v) is 4.22. The largest absolute Gasteiger partial charge is 0.496 e. The molecular formula is C10H13NO. The number of hydrogen-bond donors (Lipinski definition) is 1. The lowest BCUT2D eigenvalue weighted by atomic mass is 10.1. The zero-order valence-electron chi connectivity index (χ0n) is 7.48. The fraction of sp³-hybridized carbons (Fsp3) is 0.400. The highest BCUT2D eigenvalue weighted by molar-refractivity contribution is 5.60. The summed E-state index contributed by atoms with van der Waals surface area (Å²) in [7, 11) is 1.72. The number of hydrogen-bond acceptors (Lipinski definition) is 2. The van der Waals surface area contributed by atoms with Crippen LogP contribution in [0.4, 0.5) is 5.69 Å². The van der Waals surface area contributed by atoms with Crippen molar-refractivity contribution >= 4 is 5.69 Å². The van der Waals surface area contributed by atoms with Crippen LogP contribution in [0.3, 0.4) is 0 Å². The first kappa shape index (κ1) is 7.47. The molecule has 2 heteroatoms. The van der Waals surface area contributed by atoms with Gasteiger partial charge >= 0.3 is 0 Å². The lowest BCUT2D eigenvalue weighted by molar-refractivity contribution is 0.411. The van der Waals surface area contributed by atoms with Crippen molar-refractivity contribution < 1.29 is 4.74 Å². The van der Waals surface area contributed by atoms with Crippen LogP contribution in [-0.4, -0.2) is 13.7 Å². The number of anilines is 1. The summed E-state index contributed by atoms with van der Waals surface area (Å²) in [6.45, 7) is 3.13. The van der Waals surface area contributed by atoms with Crippen molar-refractivity contribution in [2.45, 2.75) is 13.3 Å². The van der Waals surface area contributed by atoms with Crippen LogP contribution in [0.15, 0.2) is 12.1 Å². The van der Waals surface area contributed by atoms with Crippen molar-refractivity contribution in [2.24, 2.45) is 0 Å². The molecule has 0 aromatic heterocycles. The second-order valence-electron chi connectivity index (χ2n) is 3.16. The van der Waals surface area contributed by atoms with Gasteiger partial charge in [0.2, 0.25) is 0 Å². The molecule has 0 amide bonds. The second kappa shape index (κ2) is 2.70. The standard InChI is InChI=1S/C10H13NO/c1-7-5-9-8(3-4-11-9)6-10(7)12-2/h5-6,11H,3-4H2,1-2H3. The van der Waals surface area contributed by atoms with Gasteiger partial charge in [0.1, 0.15) is 5.75 Å². The highest BCUT2D eigenvalue weighted by Gasteiger charge is 2.12. The Hall–Kier alpha value is -1.18. The Bertz CT molecular complexity index is 306. The zero-order chi connectivity index (χ0) is 8.55. The molecule has 1 N–H and O–H groups in total. The summed E-state index contributed by atoms with van der Waals surface area (Å²) >= 11 is 0. The van der Waals surface area contributed by atoms with Crippen molar-refractivity contribution in [1.29, 1.82) is 0 Å². The molecule has 1 aliphatic heterocycles. The number of aryl methyl sites for hydroxylation is 1. The van der Waals surface area contributed by atoms with Gasteiger partial charge in [-0.2, -0.15) is 0 Å². The number of fused-ring (bicyclic) bond motifs is 1. The predicted octanol–water partition coefficient (Wildman–Crippen LogP) is 1.97. The van der Waals surface area contributed by atoms with Gasteiger partial charge in [-0.05, 0) is 36.6 Å². The second-order valence-corrected chi connectivity index (χ2v) is 3.16. The van der Waals surface area contributed by atoms with E-state index >= 15 is 0 Å². The van der Waals surface area contributed by atoms with Crippen LogP contribution in [0.5, 0.6) is 5.75 Å². The van der Waals surface area contributed by atoms with Gasteiger partial charge in [-0.1, -0.05) is 0 Å². The van der Waals surface area contributed by atoms with Crippen LogP contribution < -0.4 is 10.1 Å². The molecule has 2 nitrogen and oxygen atoms in total. The first-order chi connectivity index (χ1) is 5.81. The minimum Gasteiger partial charge on any atom is -0.496 e. The van der Waals surface area contributed by atoms with Crippen molar-refractivity contribution in [2.75, 3.05) is 19.0 Å². The van der Waals surface area contributed by atoms with Crippen molar-refractivity contribution in [3.05, 3.63) is 23.3 Å². The molecule has 12 heavy (non-hydrogen) atoms. The summed E-state index contributed by atoms with van der Waals surface area (Å²) < 4.78 is 5.24. The van der Waals surface area contributed by atoms with Gasteiger partial charge in [0.05, 0.1) is 7.11 Å². The maximum Gasteiger partial charge on any atom is 0.122 e. The molecule has 1 aliphatic rings. The molecule has 0 aliphatic carbocycles. The Morgan fingerprint density at radius 1 is 1.42 bits per heavy atom. The van der Waals surface area contributed by atoms with E-state index in [9.17, 15) is 0 Å². The minimum absolute atomic E-state index is 0.998. The predicted molar refractivity (Wildman–Crippen MR) is 49.9 cm³/mol. The summed E-state index contributed by atoms with van der Waals surface area (Å²) in [5, 5.41) is 3.34. The molecular weight excluding hydrogens is 150 g/mol. The summed E-state index contributed by atoms with van der Waals surface area (Å²) in [5.74, 6) is 0.998.